The molecule has 4 aromatic rings. The molecule has 0 aliphatic heterocycles. The van der Waals surface area contributed by atoms with Crippen LogP contribution in [0.2, 0.25) is 0 Å². The summed E-state index contributed by atoms with van der Waals surface area (Å²) in [5.74, 6) is 0.970. The van der Waals surface area contributed by atoms with Crippen LogP contribution in [0.25, 0.3) is 11.1 Å². The molecule has 0 aliphatic rings. The molecule has 0 aliphatic carbocycles. The van der Waals surface area contributed by atoms with Gasteiger partial charge >= 0.3 is 11.9 Å². The van der Waals surface area contributed by atoms with Gasteiger partial charge in [0, 0.05) is 6.07 Å². The minimum Gasteiger partial charge on any atom is -0.508 e. The van der Waals surface area contributed by atoms with E-state index in [1.54, 1.807) is 42.5 Å². The summed E-state index contributed by atoms with van der Waals surface area (Å²) < 4.78 is 23.2. The van der Waals surface area contributed by atoms with Crippen LogP contribution in [-0.2, 0) is 0 Å². The van der Waals surface area contributed by atoms with Crippen LogP contribution in [0.1, 0.15) is 91.8 Å². The summed E-state index contributed by atoms with van der Waals surface area (Å²) in [6.45, 7) is 4.00. The van der Waals surface area contributed by atoms with Crippen molar-refractivity contribution in [1.82, 2.24) is 0 Å². The lowest BCUT2D eigenvalue weighted by Crippen LogP contribution is -2.12. The van der Waals surface area contributed by atoms with Crippen LogP contribution in [0.4, 0.5) is 0 Å². The first-order valence-corrected chi connectivity index (χ1v) is 17.0. The van der Waals surface area contributed by atoms with Crippen molar-refractivity contribution in [3.8, 4) is 39.9 Å². The van der Waals surface area contributed by atoms with Crippen molar-refractivity contribution in [2.75, 3.05) is 19.8 Å². The van der Waals surface area contributed by atoms with Gasteiger partial charge in [0.15, 0.2) is 0 Å². The number of aromatic hydroxyl groups is 1. The second-order valence-electron chi connectivity index (χ2n) is 11.7. The number of carbonyl (C=O) groups is 2. The maximum Gasteiger partial charge on any atom is 0.347 e. The monoisotopic (exact) mass is 653 g/mol. The molecular formula is C40H47NO7. The topological polar surface area (TPSA) is 117 Å². The minimum absolute atomic E-state index is 0.0776. The number of hydrogen-bond donors (Lipinski definition) is 2. The van der Waals surface area contributed by atoms with Crippen molar-refractivity contribution >= 4 is 11.9 Å². The van der Waals surface area contributed by atoms with Gasteiger partial charge in [0.1, 0.15) is 34.3 Å². The Morgan fingerprint density at radius 1 is 0.583 bits per heavy atom. The average Bonchev–Trinajstić information content (AvgIpc) is 3.10. The predicted octanol–water partition coefficient (Wildman–Crippen LogP) is 9.13. The Morgan fingerprint density at radius 2 is 1.10 bits per heavy atom. The summed E-state index contributed by atoms with van der Waals surface area (Å²) in [5, 5.41) is 9.42. The number of hydrogen-bond acceptors (Lipinski definition) is 8. The summed E-state index contributed by atoms with van der Waals surface area (Å²) in [6, 6.07) is 25.4. The number of phenolic OH excluding ortho intramolecular Hbond substituents is 1. The average molecular weight is 654 g/mol. The number of carbonyl (C=O) groups excluding carboxylic acids is 2. The Bertz CT molecular complexity index is 1550. The van der Waals surface area contributed by atoms with Gasteiger partial charge in [-0.05, 0) is 97.6 Å². The van der Waals surface area contributed by atoms with Crippen LogP contribution in [-0.4, -0.2) is 36.8 Å². The van der Waals surface area contributed by atoms with E-state index in [4.69, 9.17) is 24.7 Å². The molecule has 0 saturated heterocycles. The third-order valence-corrected chi connectivity index (χ3v) is 7.86. The zero-order valence-electron chi connectivity index (χ0n) is 27.8. The van der Waals surface area contributed by atoms with Crippen molar-refractivity contribution in [2.24, 2.45) is 5.73 Å². The van der Waals surface area contributed by atoms with Gasteiger partial charge in [-0.15, -0.1) is 0 Å². The van der Waals surface area contributed by atoms with Gasteiger partial charge in [-0.25, -0.2) is 9.59 Å². The SMILES string of the molecule is CCCCCCCCOc1ccc(C(=O)Oc2ccc(-c3ccc(OC(=O)c4ccc(O)cc4)cc3)cc2)c(OCCCCCCN)c1. The smallest absolute Gasteiger partial charge is 0.347 e. The molecule has 0 aromatic heterocycles. The van der Waals surface area contributed by atoms with E-state index in [2.05, 4.69) is 6.92 Å². The number of ether oxygens (including phenoxy) is 4. The third kappa shape index (κ3) is 11.8. The Labute approximate surface area is 283 Å². The standard InChI is InChI=1S/C40H47NO7/c1-2-3-4-5-7-10-27-45-36-24-25-37(38(29-36)46-28-11-8-6-9-26-41)40(44)48-35-22-16-31(17-23-35)30-14-20-34(21-15-30)47-39(43)32-12-18-33(42)19-13-32/h12-25,29,42H,2-11,26-28,41H2,1H3. The molecule has 8 heteroatoms. The van der Waals surface area contributed by atoms with E-state index < -0.39 is 11.9 Å². The van der Waals surface area contributed by atoms with Crippen molar-refractivity contribution in [1.29, 1.82) is 0 Å². The Morgan fingerprint density at radius 3 is 1.71 bits per heavy atom. The number of nitrogens with two attached hydrogens (primary N) is 1. The summed E-state index contributed by atoms with van der Waals surface area (Å²) in [5.41, 5.74) is 8.09. The van der Waals surface area contributed by atoms with Crippen LogP contribution in [0.5, 0.6) is 28.7 Å². The molecule has 0 atom stereocenters. The highest BCUT2D eigenvalue weighted by molar-refractivity contribution is 5.94. The van der Waals surface area contributed by atoms with Crippen LogP contribution >= 0.6 is 0 Å². The largest absolute Gasteiger partial charge is 0.508 e. The minimum atomic E-state index is -0.514. The van der Waals surface area contributed by atoms with Gasteiger partial charge in [-0.1, -0.05) is 76.1 Å². The van der Waals surface area contributed by atoms with Gasteiger partial charge in [0.2, 0.25) is 0 Å². The molecule has 0 spiro atoms. The molecule has 4 aromatic carbocycles. The first-order valence-electron chi connectivity index (χ1n) is 17.0. The van der Waals surface area contributed by atoms with E-state index in [1.807, 2.05) is 24.3 Å². The van der Waals surface area contributed by atoms with Gasteiger partial charge in [0.25, 0.3) is 0 Å². The van der Waals surface area contributed by atoms with Crippen LogP contribution in [0.15, 0.2) is 91.0 Å². The fourth-order valence-electron chi connectivity index (χ4n) is 5.09. The molecule has 48 heavy (non-hydrogen) atoms. The number of benzene rings is 4. The highest BCUT2D eigenvalue weighted by Gasteiger charge is 2.17. The molecule has 0 fully saturated rings. The van der Waals surface area contributed by atoms with E-state index in [0.717, 1.165) is 49.7 Å². The van der Waals surface area contributed by atoms with Crippen molar-refractivity contribution in [3.05, 3.63) is 102 Å². The first-order chi connectivity index (χ1) is 23.5. The number of rotatable bonds is 20. The molecule has 3 N–H and O–H groups in total. The lowest BCUT2D eigenvalue weighted by molar-refractivity contribution is 0.0722. The Kier molecular flexibility index (Phi) is 14.8. The lowest BCUT2D eigenvalue weighted by atomic mass is 10.1. The molecule has 254 valence electrons. The van der Waals surface area contributed by atoms with Crippen LogP contribution < -0.4 is 24.7 Å². The highest BCUT2D eigenvalue weighted by atomic mass is 16.5. The van der Waals surface area contributed by atoms with Crippen LogP contribution in [0.3, 0.4) is 0 Å². The molecule has 0 heterocycles. The maximum atomic E-state index is 13.3. The number of phenols is 1. The van der Waals surface area contributed by atoms with Gasteiger partial charge in [0.05, 0.1) is 18.8 Å². The fraction of sp³-hybridized carbons (Fsp3) is 0.350. The maximum absolute atomic E-state index is 13.3. The second kappa shape index (κ2) is 19.8. The molecule has 0 unspecified atom stereocenters. The van der Waals surface area contributed by atoms with Crippen molar-refractivity contribution < 1.29 is 33.6 Å². The summed E-state index contributed by atoms with van der Waals surface area (Å²) in [4.78, 5) is 25.7. The van der Waals surface area contributed by atoms with E-state index in [1.165, 1.54) is 49.9 Å². The Hall–Kier alpha value is -4.82. The van der Waals surface area contributed by atoms with E-state index >= 15 is 0 Å². The summed E-state index contributed by atoms with van der Waals surface area (Å²) in [7, 11) is 0. The number of esters is 2. The fourth-order valence-corrected chi connectivity index (χ4v) is 5.09. The molecule has 0 bridgehead atoms. The molecular weight excluding hydrogens is 606 g/mol. The van der Waals surface area contributed by atoms with E-state index in [-0.39, 0.29) is 5.75 Å². The van der Waals surface area contributed by atoms with Gasteiger partial charge in [-0.2, -0.15) is 0 Å². The molecule has 0 amide bonds. The van der Waals surface area contributed by atoms with E-state index in [9.17, 15) is 14.7 Å². The normalized spacial score (nSPS) is 10.8. The predicted molar refractivity (Wildman–Crippen MR) is 188 cm³/mol. The zero-order valence-corrected chi connectivity index (χ0v) is 27.8. The van der Waals surface area contributed by atoms with Crippen LogP contribution in [0, 0.1) is 0 Å². The third-order valence-electron chi connectivity index (χ3n) is 7.86. The van der Waals surface area contributed by atoms with Crippen molar-refractivity contribution in [3.63, 3.8) is 0 Å². The quantitative estimate of drug-likeness (QED) is 0.0551. The molecule has 4 rings (SSSR count). The summed E-state index contributed by atoms with van der Waals surface area (Å²) in [6.07, 6.45) is 11.0. The van der Waals surface area contributed by atoms with Gasteiger partial charge in [-0.3, -0.25) is 0 Å². The molecule has 0 saturated carbocycles. The van der Waals surface area contributed by atoms with E-state index in [0.29, 0.717) is 53.9 Å². The second-order valence-corrected chi connectivity index (χ2v) is 11.7. The number of unbranched alkanes of at least 4 members (excludes halogenated alkanes) is 8. The molecule has 8 nitrogen and oxygen atoms in total. The van der Waals surface area contributed by atoms with Crippen molar-refractivity contribution in [2.45, 2.75) is 71.1 Å². The summed E-state index contributed by atoms with van der Waals surface area (Å²) >= 11 is 0. The first kappa shape index (κ1) is 36.0. The highest BCUT2D eigenvalue weighted by Crippen LogP contribution is 2.29. The zero-order chi connectivity index (χ0) is 34.0. The Balaban J connectivity index is 1.35. The van der Waals surface area contributed by atoms with Gasteiger partial charge < -0.3 is 29.8 Å². The lowest BCUT2D eigenvalue weighted by Gasteiger charge is -2.14. The molecule has 0 radical (unpaired) electrons.